The lowest BCUT2D eigenvalue weighted by atomic mass is 9.90. The maximum atomic E-state index is 13.8. The van der Waals surface area contributed by atoms with Crippen molar-refractivity contribution in [2.24, 2.45) is 0 Å². The monoisotopic (exact) mass is 474 g/mol. The molecule has 1 aliphatic heterocycles. The van der Waals surface area contributed by atoms with E-state index in [0.29, 0.717) is 38.4 Å². The topological polar surface area (TPSA) is 43.8 Å². The number of halogens is 3. The minimum Gasteiger partial charge on any atom is -0.365 e. The molecule has 3 aromatic rings. The minimum absolute atomic E-state index is 0.342. The number of nitrogens with zero attached hydrogens (tertiary/aromatic N) is 2. The van der Waals surface area contributed by atoms with E-state index < -0.39 is 11.8 Å². The van der Waals surface area contributed by atoms with Crippen molar-refractivity contribution in [2.45, 2.75) is 31.5 Å². The lowest BCUT2D eigenvalue weighted by molar-refractivity contribution is 0.0290. The third kappa shape index (κ3) is 3.90. The summed E-state index contributed by atoms with van der Waals surface area (Å²) in [5.74, 6) is 0. The van der Waals surface area contributed by atoms with Gasteiger partial charge in [0.05, 0.1) is 6.04 Å². The van der Waals surface area contributed by atoms with Gasteiger partial charge in [0, 0.05) is 32.0 Å². The van der Waals surface area contributed by atoms with Gasteiger partial charge in [0.25, 0.3) is 0 Å². The first-order valence-electron chi connectivity index (χ1n) is 9.99. The number of amides is 2. The van der Waals surface area contributed by atoms with Crippen LogP contribution in [-0.4, -0.2) is 17.2 Å². The quantitative estimate of drug-likeness (QED) is 0.427. The van der Waals surface area contributed by atoms with Crippen LogP contribution in [0, 0.1) is 0 Å². The van der Waals surface area contributed by atoms with Gasteiger partial charge in [0.1, 0.15) is 0 Å². The van der Waals surface area contributed by atoms with E-state index in [1.54, 1.807) is 77.7 Å². The molecule has 1 unspecified atom stereocenters. The number of rotatable bonds is 5. The number of benzene rings is 3. The highest BCUT2D eigenvalue weighted by atomic mass is 35.5. The van der Waals surface area contributed by atoms with Gasteiger partial charge in [-0.05, 0) is 67.1 Å². The van der Waals surface area contributed by atoms with E-state index in [2.05, 4.69) is 0 Å². The molecule has 0 aliphatic carbocycles. The van der Waals surface area contributed by atoms with Crippen molar-refractivity contribution in [1.29, 1.82) is 0 Å². The van der Waals surface area contributed by atoms with Gasteiger partial charge in [0.2, 0.25) is 0 Å². The summed E-state index contributed by atoms with van der Waals surface area (Å²) in [7, 11) is 0. The summed E-state index contributed by atoms with van der Waals surface area (Å²) >= 11 is 18.4. The second-order valence-corrected chi connectivity index (χ2v) is 8.79. The molecule has 1 saturated heterocycles. The second kappa shape index (κ2) is 8.71. The number of carbonyl (C=O) groups excluding carboxylic acids is 1. The molecule has 3 aromatic carbocycles. The molecule has 4 nitrogen and oxygen atoms in total. The van der Waals surface area contributed by atoms with Crippen molar-refractivity contribution in [3.05, 3.63) is 93.4 Å². The molecule has 2 atom stereocenters. The first-order valence-corrected chi connectivity index (χ1v) is 11.1. The normalized spacial score (nSPS) is 21.1. The van der Waals surface area contributed by atoms with Crippen molar-refractivity contribution in [3.63, 3.8) is 0 Å². The van der Waals surface area contributed by atoms with Crippen LogP contribution in [0.4, 0.5) is 16.2 Å². The number of urea groups is 1. The van der Waals surface area contributed by atoms with Gasteiger partial charge in [-0.25, -0.2) is 4.79 Å². The Hall–Kier alpha value is -2.24. The number of hydrogen-bond acceptors (Lipinski definition) is 2. The van der Waals surface area contributed by atoms with Crippen LogP contribution in [0.25, 0.3) is 0 Å². The number of hydrogen-bond donors (Lipinski definition) is 1. The smallest absolute Gasteiger partial charge is 0.332 e. The van der Waals surface area contributed by atoms with E-state index in [1.807, 2.05) is 6.92 Å². The SMILES string of the molecule is CCC[C@H]1N(c2ccc(Cl)cc2)C(=O)N(c2ccc(Cl)cc2)C1(O)c1cccc(Cl)c1. The summed E-state index contributed by atoms with van der Waals surface area (Å²) in [5.41, 5.74) is 0.0864. The van der Waals surface area contributed by atoms with Gasteiger partial charge in [-0.3, -0.25) is 9.80 Å². The molecule has 1 N–H and O–H groups in total. The van der Waals surface area contributed by atoms with E-state index in [-0.39, 0.29) is 6.03 Å². The van der Waals surface area contributed by atoms with Crippen molar-refractivity contribution in [2.75, 3.05) is 9.80 Å². The highest BCUT2D eigenvalue weighted by molar-refractivity contribution is 6.31. The fourth-order valence-corrected chi connectivity index (χ4v) is 4.59. The van der Waals surface area contributed by atoms with Crippen molar-refractivity contribution >= 4 is 52.2 Å². The van der Waals surface area contributed by atoms with E-state index >= 15 is 0 Å². The fourth-order valence-electron chi connectivity index (χ4n) is 4.15. The van der Waals surface area contributed by atoms with Crippen LogP contribution in [0.2, 0.25) is 15.1 Å². The van der Waals surface area contributed by atoms with Gasteiger partial charge >= 0.3 is 6.03 Å². The minimum atomic E-state index is -1.65. The molecule has 0 aromatic heterocycles. The average Bonchev–Trinajstić information content (AvgIpc) is 2.97. The first-order chi connectivity index (χ1) is 14.9. The Morgan fingerprint density at radius 2 is 1.45 bits per heavy atom. The van der Waals surface area contributed by atoms with Crippen molar-refractivity contribution in [3.8, 4) is 0 Å². The summed E-state index contributed by atoms with van der Waals surface area (Å²) in [6.45, 7) is 2.02. The average molecular weight is 476 g/mol. The Morgan fingerprint density at radius 3 is 2.00 bits per heavy atom. The molecule has 4 rings (SSSR count). The number of carbonyl (C=O) groups is 1. The highest BCUT2D eigenvalue weighted by Gasteiger charge is 2.58. The van der Waals surface area contributed by atoms with Crippen LogP contribution in [0.5, 0.6) is 0 Å². The van der Waals surface area contributed by atoms with Crippen molar-refractivity contribution in [1.82, 2.24) is 0 Å². The van der Waals surface area contributed by atoms with E-state index in [4.69, 9.17) is 34.8 Å². The Balaban J connectivity index is 1.95. The van der Waals surface area contributed by atoms with Crippen LogP contribution in [0.3, 0.4) is 0 Å². The molecular weight excluding hydrogens is 455 g/mol. The Labute approximate surface area is 196 Å². The zero-order valence-electron chi connectivity index (χ0n) is 16.8. The second-order valence-electron chi connectivity index (χ2n) is 7.48. The molecule has 0 bridgehead atoms. The molecule has 31 heavy (non-hydrogen) atoms. The summed E-state index contributed by atoms with van der Waals surface area (Å²) in [6, 6.07) is 20.0. The van der Waals surface area contributed by atoms with Crippen LogP contribution in [0.1, 0.15) is 25.3 Å². The summed E-state index contributed by atoms with van der Waals surface area (Å²) in [4.78, 5) is 16.9. The first kappa shape index (κ1) is 22.0. The third-order valence-corrected chi connectivity index (χ3v) is 6.25. The molecule has 0 radical (unpaired) electrons. The van der Waals surface area contributed by atoms with Gasteiger partial charge in [-0.2, -0.15) is 0 Å². The number of aliphatic hydroxyl groups is 1. The fraction of sp³-hybridized carbons (Fsp3) is 0.208. The number of anilines is 2. The lowest BCUT2D eigenvalue weighted by Gasteiger charge is -2.37. The molecular formula is C24H21Cl3N2O2. The molecule has 1 aliphatic rings. The molecule has 0 spiro atoms. The molecule has 0 saturated carbocycles. The summed E-state index contributed by atoms with van der Waals surface area (Å²) in [5, 5.41) is 13.9. The van der Waals surface area contributed by atoms with E-state index in [9.17, 15) is 9.90 Å². The summed E-state index contributed by atoms with van der Waals surface area (Å²) in [6.07, 6.45) is 1.33. The maximum Gasteiger partial charge on any atom is 0.332 e. The zero-order chi connectivity index (χ0) is 22.2. The predicted octanol–water partition coefficient (Wildman–Crippen LogP) is 7.11. The zero-order valence-corrected chi connectivity index (χ0v) is 19.1. The summed E-state index contributed by atoms with van der Waals surface area (Å²) < 4.78 is 0. The lowest BCUT2D eigenvalue weighted by Crippen LogP contribution is -2.49. The largest absolute Gasteiger partial charge is 0.365 e. The van der Waals surface area contributed by atoms with Crippen LogP contribution >= 0.6 is 34.8 Å². The molecule has 2 amide bonds. The Bertz CT molecular complexity index is 1090. The van der Waals surface area contributed by atoms with Gasteiger partial charge < -0.3 is 5.11 Å². The predicted molar refractivity (Wildman–Crippen MR) is 127 cm³/mol. The van der Waals surface area contributed by atoms with E-state index in [0.717, 1.165) is 6.42 Å². The Morgan fingerprint density at radius 1 is 0.871 bits per heavy atom. The van der Waals surface area contributed by atoms with Crippen LogP contribution in [0.15, 0.2) is 72.8 Å². The molecule has 1 fully saturated rings. The molecule has 7 heteroatoms. The Kier molecular flexibility index (Phi) is 6.18. The standard InChI is InChI=1S/C24H21Cl3N2O2/c1-2-4-22-24(31,16-5-3-6-19(27)15-16)29(21-13-9-18(26)10-14-21)23(30)28(22)20-11-7-17(25)8-12-20/h3,5-15,22,31H,2,4H2,1H3/t22-,24?/m1/s1. The van der Waals surface area contributed by atoms with Gasteiger partial charge in [-0.15, -0.1) is 0 Å². The van der Waals surface area contributed by atoms with Crippen LogP contribution in [-0.2, 0) is 5.72 Å². The molecule has 160 valence electrons. The third-order valence-electron chi connectivity index (χ3n) is 5.52. The van der Waals surface area contributed by atoms with Gasteiger partial charge in [-0.1, -0.05) is 60.3 Å². The van der Waals surface area contributed by atoms with Gasteiger partial charge in [0.15, 0.2) is 5.72 Å². The van der Waals surface area contributed by atoms with E-state index in [1.165, 1.54) is 4.90 Å². The van der Waals surface area contributed by atoms with Crippen molar-refractivity contribution < 1.29 is 9.90 Å². The highest BCUT2D eigenvalue weighted by Crippen LogP contribution is 2.46. The molecule has 1 heterocycles. The maximum absolute atomic E-state index is 13.8. The van der Waals surface area contributed by atoms with Crippen LogP contribution < -0.4 is 9.80 Å².